The Hall–Kier alpha value is -3.31. The van der Waals surface area contributed by atoms with Crippen LogP contribution in [0.5, 0.6) is 0 Å². The summed E-state index contributed by atoms with van der Waals surface area (Å²) in [6, 6.07) is 23.8. The van der Waals surface area contributed by atoms with Gasteiger partial charge in [0.05, 0.1) is 0 Å². The molecule has 0 spiro atoms. The van der Waals surface area contributed by atoms with Crippen molar-refractivity contribution in [3.05, 3.63) is 83.4 Å². The van der Waals surface area contributed by atoms with Gasteiger partial charge in [0.1, 0.15) is 0 Å². The maximum Gasteiger partial charge on any atom is 0.251 e. The highest BCUT2D eigenvalue weighted by Crippen LogP contribution is 2.31. The molecular weight excluding hydrogens is 408 g/mol. The second-order valence-corrected chi connectivity index (χ2v) is 8.17. The molecule has 4 N–H and O–H groups in total. The van der Waals surface area contributed by atoms with E-state index in [0.717, 1.165) is 35.1 Å². The van der Waals surface area contributed by atoms with E-state index in [2.05, 4.69) is 29.6 Å². The molecule has 1 amide bonds. The lowest BCUT2D eigenvalue weighted by Crippen LogP contribution is -2.48. The zero-order valence-electron chi connectivity index (χ0n) is 17.1. The minimum atomic E-state index is -0.111. The molecule has 158 valence electrons. The van der Waals surface area contributed by atoms with Crippen molar-refractivity contribution in [1.82, 2.24) is 10.2 Å². The third kappa shape index (κ3) is 4.89. The Morgan fingerprint density at radius 3 is 2.19 bits per heavy atom. The molecule has 1 saturated heterocycles. The second-order valence-electron chi connectivity index (χ2n) is 7.76. The standard InChI is InChI=1S/C25H25ClN4O/c26-23-11-10-20(24(31)29-21-12-14-30(15-13-21)25(27)28)16-22(23)19-8-6-18(7-9-19)17-4-2-1-3-5-17/h1-11,16,21H,12-15H2,(H3,27,28)(H,29,31). The average molecular weight is 433 g/mol. The predicted octanol–water partition coefficient (Wildman–Crippen LogP) is 4.76. The number of nitrogens with two attached hydrogens (primary N) is 1. The van der Waals surface area contributed by atoms with Crippen LogP contribution in [0, 0.1) is 5.41 Å². The summed E-state index contributed by atoms with van der Waals surface area (Å²) in [6.07, 6.45) is 1.54. The molecule has 0 radical (unpaired) electrons. The first-order valence-electron chi connectivity index (χ1n) is 10.4. The van der Waals surface area contributed by atoms with E-state index in [9.17, 15) is 4.79 Å². The normalized spacial score (nSPS) is 14.3. The highest BCUT2D eigenvalue weighted by atomic mass is 35.5. The van der Waals surface area contributed by atoms with E-state index in [4.69, 9.17) is 22.7 Å². The summed E-state index contributed by atoms with van der Waals surface area (Å²) in [5, 5.41) is 11.2. The third-order valence-electron chi connectivity index (χ3n) is 5.70. The van der Waals surface area contributed by atoms with Crippen LogP contribution in [0.1, 0.15) is 23.2 Å². The fraction of sp³-hybridized carbons (Fsp3) is 0.200. The lowest BCUT2D eigenvalue weighted by Gasteiger charge is -2.32. The van der Waals surface area contributed by atoms with Gasteiger partial charge in [0.15, 0.2) is 5.96 Å². The van der Waals surface area contributed by atoms with E-state index < -0.39 is 0 Å². The first-order chi connectivity index (χ1) is 15.0. The van der Waals surface area contributed by atoms with Gasteiger partial charge in [-0.2, -0.15) is 0 Å². The van der Waals surface area contributed by atoms with Crippen LogP contribution in [-0.2, 0) is 0 Å². The van der Waals surface area contributed by atoms with E-state index in [1.54, 1.807) is 12.1 Å². The molecule has 0 bridgehead atoms. The molecule has 1 aliphatic heterocycles. The number of rotatable bonds is 4. The van der Waals surface area contributed by atoms with E-state index in [1.807, 2.05) is 41.3 Å². The molecule has 1 fully saturated rings. The molecule has 3 aromatic carbocycles. The second kappa shape index (κ2) is 9.23. The molecular formula is C25H25ClN4O. The van der Waals surface area contributed by atoms with Gasteiger partial charge in [-0.3, -0.25) is 10.2 Å². The Bertz CT molecular complexity index is 1070. The molecule has 0 aromatic heterocycles. The molecule has 0 atom stereocenters. The van der Waals surface area contributed by atoms with Gasteiger partial charge in [-0.1, -0.05) is 66.2 Å². The molecule has 1 aliphatic rings. The Morgan fingerprint density at radius 1 is 0.935 bits per heavy atom. The van der Waals surface area contributed by atoms with E-state index in [0.29, 0.717) is 23.7 Å². The monoisotopic (exact) mass is 432 g/mol. The van der Waals surface area contributed by atoms with E-state index >= 15 is 0 Å². The smallest absolute Gasteiger partial charge is 0.251 e. The Labute approximate surface area is 187 Å². The zero-order chi connectivity index (χ0) is 21.8. The van der Waals surface area contributed by atoms with Crippen molar-refractivity contribution in [3.8, 4) is 22.3 Å². The van der Waals surface area contributed by atoms with Gasteiger partial charge in [-0.25, -0.2) is 0 Å². The summed E-state index contributed by atoms with van der Waals surface area (Å²) in [5.41, 5.74) is 10.2. The number of hydrogen-bond donors (Lipinski definition) is 3. The van der Waals surface area contributed by atoms with Crippen molar-refractivity contribution in [2.24, 2.45) is 5.73 Å². The van der Waals surface area contributed by atoms with Gasteiger partial charge in [-0.05, 0) is 47.7 Å². The van der Waals surface area contributed by atoms with Crippen LogP contribution in [0.2, 0.25) is 5.02 Å². The van der Waals surface area contributed by atoms with Gasteiger partial charge in [0.25, 0.3) is 5.91 Å². The molecule has 31 heavy (non-hydrogen) atoms. The lowest BCUT2D eigenvalue weighted by molar-refractivity contribution is 0.0922. The lowest BCUT2D eigenvalue weighted by atomic mass is 9.98. The number of carbonyl (C=O) groups excluding carboxylic acids is 1. The maximum atomic E-state index is 12.8. The summed E-state index contributed by atoms with van der Waals surface area (Å²) in [5.74, 6) is -0.0227. The summed E-state index contributed by atoms with van der Waals surface area (Å²) >= 11 is 6.46. The maximum absolute atomic E-state index is 12.8. The molecule has 4 rings (SSSR count). The van der Waals surface area contributed by atoms with Crippen LogP contribution >= 0.6 is 11.6 Å². The highest BCUT2D eigenvalue weighted by molar-refractivity contribution is 6.33. The first-order valence-corrected chi connectivity index (χ1v) is 10.7. The van der Waals surface area contributed by atoms with Gasteiger partial charge in [-0.15, -0.1) is 0 Å². The SMILES string of the molecule is N=C(N)N1CCC(NC(=O)c2ccc(Cl)c(-c3ccc(-c4ccccc4)cc3)c2)CC1. The molecule has 3 aromatic rings. The topological polar surface area (TPSA) is 82.2 Å². The number of halogens is 1. The Balaban J connectivity index is 1.48. The van der Waals surface area contributed by atoms with Crippen molar-refractivity contribution in [2.75, 3.05) is 13.1 Å². The minimum Gasteiger partial charge on any atom is -0.370 e. The minimum absolute atomic E-state index is 0.0763. The summed E-state index contributed by atoms with van der Waals surface area (Å²) in [7, 11) is 0. The van der Waals surface area contributed by atoms with Crippen LogP contribution in [0.4, 0.5) is 0 Å². The largest absolute Gasteiger partial charge is 0.370 e. The number of guanidine groups is 1. The molecule has 6 heteroatoms. The summed E-state index contributed by atoms with van der Waals surface area (Å²) in [4.78, 5) is 14.6. The average Bonchev–Trinajstić information content (AvgIpc) is 2.80. The highest BCUT2D eigenvalue weighted by Gasteiger charge is 2.22. The molecule has 1 heterocycles. The number of nitrogens with zero attached hydrogens (tertiary/aromatic N) is 1. The number of carbonyl (C=O) groups is 1. The van der Waals surface area contributed by atoms with Crippen molar-refractivity contribution in [2.45, 2.75) is 18.9 Å². The van der Waals surface area contributed by atoms with Crippen LogP contribution in [0.25, 0.3) is 22.3 Å². The molecule has 0 unspecified atom stereocenters. The Kier molecular flexibility index (Phi) is 6.23. The van der Waals surface area contributed by atoms with Gasteiger partial charge in [0.2, 0.25) is 0 Å². The van der Waals surface area contributed by atoms with Crippen LogP contribution in [0.15, 0.2) is 72.8 Å². The van der Waals surface area contributed by atoms with Gasteiger partial charge >= 0.3 is 0 Å². The molecule has 0 saturated carbocycles. The quantitative estimate of drug-likeness (QED) is 0.410. The zero-order valence-corrected chi connectivity index (χ0v) is 17.9. The van der Waals surface area contributed by atoms with E-state index in [1.165, 1.54) is 0 Å². The van der Waals surface area contributed by atoms with Crippen LogP contribution < -0.4 is 11.1 Å². The number of benzene rings is 3. The number of likely N-dealkylation sites (tertiary alicyclic amines) is 1. The van der Waals surface area contributed by atoms with Crippen LogP contribution in [0.3, 0.4) is 0 Å². The van der Waals surface area contributed by atoms with E-state index in [-0.39, 0.29) is 17.9 Å². The van der Waals surface area contributed by atoms with Crippen molar-refractivity contribution < 1.29 is 4.79 Å². The number of nitrogens with one attached hydrogen (secondary N) is 2. The fourth-order valence-corrected chi connectivity index (χ4v) is 4.12. The fourth-order valence-electron chi connectivity index (χ4n) is 3.89. The summed E-state index contributed by atoms with van der Waals surface area (Å²) in [6.45, 7) is 1.36. The van der Waals surface area contributed by atoms with Crippen molar-refractivity contribution >= 4 is 23.5 Å². The number of amides is 1. The van der Waals surface area contributed by atoms with Crippen LogP contribution in [-0.4, -0.2) is 35.9 Å². The molecule has 5 nitrogen and oxygen atoms in total. The van der Waals surface area contributed by atoms with Gasteiger partial charge < -0.3 is 16.0 Å². The van der Waals surface area contributed by atoms with Crippen molar-refractivity contribution in [1.29, 1.82) is 5.41 Å². The number of hydrogen-bond acceptors (Lipinski definition) is 2. The van der Waals surface area contributed by atoms with Crippen molar-refractivity contribution in [3.63, 3.8) is 0 Å². The molecule has 0 aliphatic carbocycles. The predicted molar refractivity (Wildman–Crippen MR) is 126 cm³/mol. The summed E-state index contributed by atoms with van der Waals surface area (Å²) < 4.78 is 0. The van der Waals surface area contributed by atoms with Gasteiger partial charge in [0, 0.05) is 35.3 Å². The Morgan fingerprint density at radius 2 is 1.55 bits per heavy atom. The first kappa shape index (κ1) is 20.9. The number of piperidine rings is 1. The third-order valence-corrected chi connectivity index (χ3v) is 6.03.